The Kier molecular flexibility index (Phi) is 6.00. The Bertz CT molecular complexity index is 1540. The monoisotopic (exact) mass is 490 g/mol. The highest BCUT2D eigenvalue weighted by atomic mass is 35.5. The molecule has 0 aliphatic heterocycles. The Hall–Kier alpha value is -3.75. The first-order valence-corrected chi connectivity index (χ1v) is 11.8. The lowest BCUT2D eigenvalue weighted by Crippen LogP contribution is -2.16. The maximum Gasteiger partial charge on any atom is 0.310 e. The first kappa shape index (κ1) is 22.1. The number of aryl methyl sites for hydroxylation is 1. The van der Waals surface area contributed by atoms with Gasteiger partial charge in [0.2, 0.25) is 0 Å². The number of benzene rings is 2. The van der Waals surface area contributed by atoms with Crippen molar-refractivity contribution in [3.63, 3.8) is 0 Å². The number of thiazole rings is 1. The van der Waals surface area contributed by atoms with Gasteiger partial charge in [-0.2, -0.15) is 5.10 Å². The van der Waals surface area contributed by atoms with Gasteiger partial charge < -0.3 is 4.74 Å². The zero-order chi connectivity index (χ0) is 23.7. The van der Waals surface area contributed by atoms with Crippen LogP contribution in [-0.2, 0) is 22.6 Å². The largest absolute Gasteiger partial charge is 0.459 e. The van der Waals surface area contributed by atoms with Gasteiger partial charge in [-0.05, 0) is 31.2 Å². The van der Waals surface area contributed by atoms with Crippen molar-refractivity contribution in [2.75, 3.05) is 0 Å². The van der Waals surface area contributed by atoms with Crippen LogP contribution >= 0.6 is 22.9 Å². The molecule has 0 amide bonds. The number of rotatable bonds is 6. The molecule has 170 valence electrons. The molecule has 0 fully saturated rings. The Morgan fingerprint density at radius 1 is 1.12 bits per heavy atom. The van der Waals surface area contributed by atoms with E-state index in [1.807, 2.05) is 61.0 Å². The Morgan fingerprint density at radius 3 is 2.65 bits per heavy atom. The minimum Gasteiger partial charge on any atom is -0.459 e. The molecule has 0 spiro atoms. The van der Waals surface area contributed by atoms with Crippen molar-refractivity contribution in [3.05, 3.63) is 105 Å². The number of ether oxygens (including phenoxy) is 1. The van der Waals surface area contributed by atoms with E-state index in [-0.39, 0.29) is 18.6 Å². The van der Waals surface area contributed by atoms with Crippen LogP contribution < -0.4 is 5.56 Å². The summed E-state index contributed by atoms with van der Waals surface area (Å²) in [5.41, 5.74) is 4.16. The molecule has 0 aliphatic rings. The summed E-state index contributed by atoms with van der Waals surface area (Å²) in [7, 11) is 0. The molecule has 5 rings (SSSR count). The van der Waals surface area contributed by atoms with Gasteiger partial charge in [-0.3, -0.25) is 14.0 Å². The van der Waals surface area contributed by atoms with Crippen molar-refractivity contribution < 1.29 is 9.53 Å². The highest BCUT2D eigenvalue weighted by molar-refractivity contribution is 7.15. The van der Waals surface area contributed by atoms with Crippen molar-refractivity contribution in [1.29, 1.82) is 0 Å². The molecule has 0 unspecified atom stereocenters. The van der Waals surface area contributed by atoms with Crippen LogP contribution in [0.4, 0.5) is 0 Å². The number of nitrogens with zero attached hydrogens (tertiary/aromatic N) is 4. The molecule has 0 saturated carbocycles. The highest BCUT2D eigenvalue weighted by Crippen LogP contribution is 2.26. The van der Waals surface area contributed by atoms with Gasteiger partial charge >= 0.3 is 5.97 Å². The molecule has 3 heterocycles. The summed E-state index contributed by atoms with van der Waals surface area (Å²) in [4.78, 5) is 30.1. The average molecular weight is 491 g/mol. The molecular weight excluding hydrogens is 472 g/mol. The summed E-state index contributed by atoms with van der Waals surface area (Å²) in [6.07, 6.45) is 1.84. The molecule has 2 aromatic carbocycles. The number of hydrogen-bond donors (Lipinski definition) is 0. The summed E-state index contributed by atoms with van der Waals surface area (Å²) in [6, 6.07) is 18.4. The molecule has 0 aliphatic carbocycles. The van der Waals surface area contributed by atoms with Gasteiger partial charge in [-0.15, -0.1) is 11.3 Å². The molecule has 34 heavy (non-hydrogen) atoms. The van der Waals surface area contributed by atoms with E-state index < -0.39 is 5.97 Å². The van der Waals surface area contributed by atoms with E-state index in [0.29, 0.717) is 26.9 Å². The molecule has 0 N–H and O–H groups in total. The fourth-order valence-corrected chi connectivity index (χ4v) is 4.66. The van der Waals surface area contributed by atoms with Crippen LogP contribution in [0.2, 0.25) is 5.02 Å². The summed E-state index contributed by atoms with van der Waals surface area (Å²) < 4.78 is 8.74. The molecule has 0 atom stereocenters. The van der Waals surface area contributed by atoms with Crippen LogP contribution in [0.1, 0.15) is 17.0 Å². The number of carbonyl (C=O) groups is 1. The number of esters is 1. The smallest absolute Gasteiger partial charge is 0.310 e. The van der Waals surface area contributed by atoms with Gasteiger partial charge in [0.05, 0.1) is 23.5 Å². The van der Waals surface area contributed by atoms with Crippen molar-refractivity contribution in [2.24, 2.45) is 0 Å². The number of para-hydroxylation sites is 1. The third-order valence-electron chi connectivity index (χ3n) is 5.27. The third-order valence-corrected chi connectivity index (χ3v) is 6.47. The highest BCUT2D eigenvalue weighted by Gasteiger charge is 2.17. The van der Waals surface area contributed by atoms with Gasteiger partial charge in [0.1, 0.15) is 6.61 Å². The fourth-order valence-electron chi connectivity index (χ4n) is 3.64. The predicted molar refractivity (Wildman–Crippen MR) is 132 cm³/mol. The van der Waals surface area contributed by atoms with E-state index in [2.05, 4.69) is 4.98 Å². The van der Waals surface area contributed by atoms with Crippen LogP contribution in [-0.4, -0.2) is 25.1 Å². The SMILES string of the molecule is Cc1csc2nc(COC(=O)Cc3cn(-c4ccccc4)nc3-c3ccc(Cl)cc3)cc(=O)n12. The van der Waals surface area contributed by atoms with Crippen molar-refractivity contribution in [2.45, 2.75) is 20.0 Å². The molecule has 5 aromatic rings. The van der Waals surface area contributed by atoms with Crippen LogP contribution in [0, 0.1) is 6.92 Å². The molecular formula is C25H19ClN4O3S. The van der Waals surface area contributed by atoms with Crippen LogP contribution in [0.3, 0.4) is 0 Å². The van der Waals surface area contributed by atoms with Crippen molar-refractivity contribution >= 4 is 33.9 Å². The van der Waals surface area contributed by atoms with Gasteiger partial charge in [0, 0.05) is 39.5 Å². The molecule has 3 aromatic heterocycles. The van der Waals surface area contributed by atoms with E-state index in [9.17, 15) is 9.59 Å². The minimum absolute atomic E-state index is 0.0180. The van der Waals surface area contributed by atoms with Crippen LogP contribution in [0.5, 0.6) is 0 Å². The predicted octanol–water partition coefficient (Wildman–Crippen LogP) is 4.86. The van der Waals surface area contributed by atoms with Gasteiger partial charge in [-0.1, -0.05) is 41.9 Å². The summed E-state index contributed by atoms with van der Waals surface area (Å²) in [6.45, 7) is 1.77. The van der Waals surface area contributed by atoms with Gasteiger partial charge in [-0.25, -0.2) is 9.67 Å². The lowest BCUT2D eigenvalue weighted by atomic mass is 10.1. The third kappa shape index (κ3) is 4.50. The molecule has 0 saturated heterocycles. The number of aromatic nitrogens is 4. The van der Waals surface area contributed by atoms with E-state index in [0.717, 1.165) is 16.9 Å². The Labute approximate surface area is 203 Å². The summed E-state index contributed by atoms with van der Waals surface area (Å²) in [5, 5.41) is 7.19. The number of hydrogen-bond acceptors (Lipinski definition) is 6. The second-order valence-electron chi connectivity index (χ2n) is 7.71. The molecule has 0 bridgehead atoms. The number of carbonyl (C=O) groups excluding carboxylic acids is 1. The maximum atomic E-state index is 12.7. The second kappa shape index (κ2) is 9.24. The lowest BCUT2D eigenvalue weighted by Gasteiger charge is -2.06. The Morgan fingerprint density at radius 2 is 1.88 bits per heavy atom. The van der Waals surface area contributed by atoms with E-state index >= 15 is 0 Å². The first-order chi connectivity index (χ1) is 16.5. The van der Waals surface area contributed by atoms with Crippen LogP contribution in [0.15, 0.2) is 77.0 Å². The van der Waals surface area contributed by atoms with E-state index in [1.165, 1.54) is 21.8 Å². The van der Waals surface area contributed by atoms with E-state index in [4.69, 9.17) is 21.4 Å². The van der Waals surface area contributed by atoms with Gasteiger partial charge in [0.25, 0.3) is 5.56 Å². The standard InChI is InChI=1S/C25H19ClN4O3S/c1-16-15-34-25-27-20(12-22(31)30(16)25)14-33-23(32)11-18-13-29(21-5-3-2-4-6-21)28-24(18)17-7-9-19(26)10-8-17/h2-10,12-13,15H,11,14H2,1H3. The first-order valence-electron chi connectivity index (χ1n) is 10.5. The van der Waals surface area contributed by atoms with E-state index in [1.54, 1.807) is 16.8 Å². The summed E-state index contributed by atoms with van der Waals surface area (Å²) >= 11 is 7.42. The fraction of sp³-hybridized carbons (Fsp3) is 0.120. The Balaban J connectivity index is 1.38. The number of fused-ring (bicyclic) bond motifs is 1. The average Bonchev–Trinajstić information content (AvgIpc) is 3.43. The number of halogens is 1. The maximum absolute atomic E-state index is 12.7. The normalized spacial score (nSPS) is 11.1. The molecule has 7 nitrogen and oxygen atoms in total. The zero-order valence-electron chi connectivity index (χ0n) is 18.1. The zero-order valence-corrected chi connectivity index (χ0v) is 19.7. The summed E-state index contributed by atoms with van der Waals surface area (Å²) in [5.74, 6) is -0.438. The lowest BCUT2D eigenvalue weighted by molar-refractivity contribution is -0.144. The van der Waals surface area contributed by atoms with Crippen molar-refractivity contribution in [3.8, 4) is 16.9 Å². The topological polar surface area (TPSA) is 78.5 Å². The van der Waals surface area contributed by atoms with Crippen LogP contribution in [0.25, 0.3) is 21.9 Å². The van der Waals surface area contributed by atoms with Crippen molar-refractivity contribution in [1.82, 2.24) is 19.2 Å². The quantitative estimate of drug-likeness (QED) is 0.318. The molecule has 9 heteroatoms. The second-order valence-corrected chi connectivity index (χ2v) is 8.98. The molecule has 0 radical (unpaired) electrons. The minimum atomic E-state index is -0.438. The van der Waals surface area contributed by atoms with Gasteiger partial charge in [0.15, 0.2) is 4.96 Å².